The molecule has 6 heteroatoms. The number of carbonyl (C=O) groups is 3. The highest BCUT2D eigenvalue weighted by Crippen LogP contribution is 2.24. The van der Waals surface area contributed by atoms with Gasteiger partial charge in [0.1, 0.15) is 5.69 Å². The number of rotatable bonds is 13. The molecule has 0 unspecified atom stereocenters. The number of nitrogens with zero attached hydrogens (tertiary/aromatic N) is 2. The van der Waals surface area contributed by atoms with Crippen LogP contribution in [0.5, 0.6) is 0 Å². The highest BCUT2D eigenvalue weighted by Gasteiger charge is 2.28. The lowest BCUT2D eigenvalue weighted by Gasteiger charge is -2.24. The van der Waals surface area contributed by atoms with Crippen LogP contribution in [0.15, 0.2) is 0 Å². The first-order chi connectivity index (χ1) is 14.2. The molecule has 0 saturated heterocycles. The molecule has 0 radical (unpaired) electrons. The summed E-state index contributed by atoms with van der Waals surface area (Å²) in [5.41, 5.74) is 2.32. The zero-order valence-corrected chi connectivity index (χ0v) is 20.0. The Hall–Kier alpha value is -2.11. The van der Waals surface area contributed by atoms with Gasteiger partial charge in [-0.3, -0.25) is 9.59 Å². The zero-order chi connectivity index (χ0) is 22.8. The molecule has 0 aliphatic rings. The topological polar surface area (TPSA) is 68.6 Å². The number of unbranched alkanes of at least 4 members (excludes halogenated alkanes) is 4. The van der Waals surface area contributed by atoms with Gasteiger partial charge in [-0.2, -0.15) is 0 Å². The molecule has 0 N–H and O–H groups in total. The number of methoxy groups -OCH3 is 1. The van der Waals surface area contributed by atoms with Crippen LogP contribution >= 0.6 is 0 Å². The quantitative estimate of drug-likeness (QED) is 0.257. The Morgan fingerprint density at radius 3 is 2.20 bits per heavy atom. The summed E-state index contributed by atoms with van der Waals surface area (Å²) in [4.78, 5) is 40.0. The molecular weight excluding hydrogens is 380 g/mol. The highest BCUT2D eigenvalue weighted by atomic mass is 16.5. The monoisotopic (exact) mass is 420 g/mol. The maximum Gasteiger partial charge on any atom is 0.354 e. The fourth-order valence-electron chi connectivity index (χ4n) is 4.05. The molecule has 1 heterocycles. The van der Waals surface area contributed by atoms with Crippen molar-refractivity contribution in [3.05, 3.63) is 22.5 Å². The van der Waals surface area contributed by atoms with Crippen molar-refractivity contribution in [1.82, 2.24) is 9.47 Å². The van der Waals surface area contributed by atoms with Gasteiger partial charge in [-0.15, -0.1) is 0 Å². The van der Waals surface area contributed by atoms with Gasteiger partial charge in [0.25, 0.3) is 0 Å². The number of hydrogen-bond donors (Lipinski definition) is 0. The maximum atomic E-state index is 13.2. The van der Waals surface area contributed by atoms with E-state index in [2.05, 4.69) is 6.92 Å². The van der Waals surface area contributed by atoms with Crippen molar-refractivity contribution in [1.29, 1.82) is 0 Å². The zero-order valence-electron chi connectivity index (χ0n) is 20.0. The Balaban J connectivity index is 3.03. The molecule has 0 spiro atoms. The maximum absolute atomic E-state index is 13.2. The van der Waals surface area contributed by atoms with Crippen molar-refractivity contribution in [2.24, 2.45) is 5.92 Å². The Kier molecular flexibility index (Phi) is 10.8. The van der Waals surface area contributed by atoms with E-state index in [1.54, 1.807) is 11.8 Å². The van der Waals surface area contributed by atoms with E-state index in [9.17, 15) is 14.4 Å². The summed E-state index contributed by atoms with van der Waals surface area (Å²) in [6.45, 7) is 13.0. The van der Waals surface area contributed by atoms with Crippen molar-refractivity contribution < 1.29 is 19.1 Å². The third kappa shape index (κ3) is 6.71. The molecule has 1 amide bonds. The SMILES string of the molecule is CCCCCCCC(=O)N(CC(=O)c1c(C)c(C(=O)OC)n(CC)c1C)CC(C)C. The molecule has 0 aliphatic heterocycles. The van der Waals surface area contributed by atoms with E-state index < -0.39 is 5.97 Å². The minimum absolute atomic E-state index is 0.0342. The Bertz CT molecular complexity index is 734. The van der Waals surface area contributed by atoms with Crippen LogP contribution in [-0.4, -0.2) is 47.3 Å². The van der Waals surface area contributed by atoms with Gasteiger partial charge in [0.15, 0.2) is 5.78 Å². The predicted octanol–water partition coefficient (Wildman–Crippen LogP) is 4.94. The molecular formula is C24H40N2O4. The van der Waals surface area contributed by atoms with Crippen LogP contribution in [0.1, 0.15) is 98.3 Å². The number of hydrogen-bond acceptors (Lipinski definition) is 4. The molecule has 0 aromatic carbocycles. The normalized spacial score (nSPS) is 11.1. The van der Waals surface area contributed by atoms with Gasteiger partial charge in [-0.1, -0.05) is 46.5 Å². The Morgan fingerprint density at radius 1 is 1.03 bits per heavy atom. The molecule has 1 aromatic heterocycles. The van der Waals surface area contributed by atoms with E-state index in [0.29, 0.717) is 36.3 Å². The molecule has 30 heavy (non-hydrogen) atoms. The molecule has 0 fully saturated rings. The van der Waals surface area contributed by atoms with E-state index in [1.807, 2.05) is 32.3 Å². The number of carbonyl (C=O) groups excluding carboxylic acids is 3. The summed E-state index contributed by atoms with van der Waals surface area (Å²) in [5, 5.41) is 0. The Labute approximate surface area is 182 Å². The van der Waals surface area contributed by atoms with Gasteiger partial charge in [0.05, 0.1) is 13.7 Å². The fraction of sp³-hybridized carbons (Fsp3) is 0.708. The molecule has 6 nitrogen and oxygen atoms in total. The number of amides is 1. The van der Waals surface area contributed by atoms with Gasteiger partial charge in [-0.05, 0) is 38.7 Å². The van der Waals surface area contributed by atoms with Crippen molar-refractivity contribution in [3.63, 3.8) is 0 Å². The predicted molar refractivity (Wildman–Crippen MR) is 120 cm³/mol. The molecule has 1 aromatic rings. The van der Waals surface area contributed by atoms with Gasteiger partial charge in [0.2, 0.25) is 5.91 Å². The van der Waals surface area contributed by atoms with E-state index in [4.69, 9.17) is 4.74 Å². The molecule has 0 bridgehead atoms. The van der Waals surface area contributed by atoms with E-state index in [-0.39, 0.29) is 24.2 Å². The molecule has 0 aliphatic carbocycles. The van der Waals surface area contributed by atoms with Crippen LogP contribution in [0.4, 0.5) is 0 Å². The lowest BCUT2D eigenvalue weighted by Crippen LogP contribution is -2.38. The summed E-state index contributed by atoms with van der Waals surface area (Å²) in [6, 6.07) is 0. The average molecular weight is 421 g/mol. The summed E-state index contributed by atoms with van der Waals surface area (Å²) >= 11 is 0. The van der Waals surface area contributed by atoms with Crippen molar-refractivity contribution in [2.75, 3.05) is 20.2 Å². The number of aromatic nitrogens is 1. The summed E-state index contributed by atoms with van der Waals surface area (Å²) in [5.74, 6) is -0.261. The number of Topliss-reactive ketones (excluding diaryl/α,β-unsaturated/α-hetero) is 1. The number of ketones is 1. The Morgan fingerprint density at radius 2 is 1.67 bits per heavy atom. The first-order valence-corrected chi connectivity index (χ1v) is 11.3. The van der Waals surface area contributed by atoms with Crippen molar-refractivity contribution >= 4 is 17.7 Å². The van der Waals surface area contributed by atoms with Crippen molar-refractivity contribution in [2.45, 2.75) is 86.6 Å². The summed E-state index contributed by atoms with van der Waals surface area (Å²) in [6.07, 6.45) is 5.89. The molecule has 0 saturated carbocycles. The fourth-order valence-corrected chi connectivity index (χ4v) is 4.05. The van der Waals surface area contributed by atoms with Crippen LogP contribution in [0.3, 0.4) is 0 Å². The second-order valence-corrected chi connectivity index (χ2v) is 8.43. The van der Waals surface area contributed by atoms with E-state index in [1.165, 1.54) is 20.0 Å². The van der Waals surface area contributed by atoms with E-state index >= 15 is 0 Å². The van der Waals surface area contributed by atoms with Gasteiger partial charge in [0, 0.05) is 30.8 Å². The number of esters is 1. The van der Waals surface area contributed by atoms with Crippen LogP contribution < -0.4 is 0 Å². The van der Waals surface area contributed by atoms with Gasteiger partial charge in [-0.25, -0.2) is 4.79 Å². The van der Waals surface area contributed by atoms with Crippen LogP contribution in [0.2, 0.25) is 0 Å². The first-order valence-electron chi connectivity index (χ1n) is 11.3. The summed E-state index contributed by atoms with van der Waals surface area (Å²) < 4.78 is 6.73. The van der Waals surface area contributed by atoms with Crippen LogP contribution in [-0.2, 0) is 16.1 Å². The summed E-state index contributed by atoms with van der Waals surface area (Å²) in [7, 11) is 1.34. The molecule has 170 valence electrons. The second kappa shape index (κ2) is 12.6. The standard InChI is InChI=1S/C24H40N2O4/c1-8-10-11-12-13-14-21(28)25(15-17(3)4)16-20(27)22-18(5)23(24(29)30-7)26(9-2)19(22)6/h17H,8-16H2,1-7H3. The second-order valence-electron chi connectivity index (χ2n) is 8.43. The van der Waals surface area contributed by atoms with Gasteiger partial charge >= 0.3 is 5.97 Å². The van der Waals surface area contributed by atoms with Crippen molar-refractivity contribution in [3.8, 4) is 0 Å². The van der Waals surface area contributed by atoms with Crippen LogP contribution in [0, 0.1) is 19.8 Å². The lowest BCUT2D eigenvalue weighted by molar-refractivity contribution is -0.131. The first kappa shape index (κ1) is 25.9. The largest absolute Gasteiger partial charge is 0.464 e. The minimum Gasteiger partial charge on any atom is -0.464 e. The van der Waals surface area contributed by atoms with E-state index in [0.717, 1.165) is 25.0 Å². The lowest BCUT2D eigenvalue weighted by atomic mass is 10.0. The molecule has 1 rings (SSSR count). The molecule has 0 atom stereocenters. The third-order valence-electron chi connectivity index (χ3n) is 5.51. The highest BCUT2D eigenvalue weighted by molar-refractivity contribution is 6.04. The number of ether oxygens (including phenoxy) is 1. The third-order valence-corrected chi connectivity index (χ3v) is 5.51. The minimum atomic E-state index is -0.446. The smallest absolute Gasteiger partial charge is 0.354 e. The van der Waals surface area contributed by atoms with Crippen LogP contribution in [0.25, 0.3) is 0 Å². The van der Waals surface area contributed by atoms with Gasteiger partial charge < -0.3 is 14.2 Å². The average Bonchev–Trinajstić information content (AvgIpc) is 2.95.